The zero-order chi connectivity index (χ0) is 15.4. The lowest BCUT2D eigenvalue weighted by molar-refractivity contribution is 0.551. The molecule has 0 radical (unpaired) electrons. The van der Waals surface area contributed by atoms with Gasteiger partial charge in [0.1, 0.15) is 0 Å². The Morgan fingerprint density at radius 2 is 2.00 bits per heavy atom. The molecule has 0 saturated carbocycles. The van der Waals surface area contributed by atoms with Crippen LogP contribution in [0.15, 0.2) is 12.3 Å². The SMILES string of the molecule is Cc1cc(N2CC(C)SC(C)C2)c(CNCC(C)C)cn1. The maximum absolute atomic E-state index is 4.50. The van der Waals surface area contributed by atoms with Crippen molar-refractivity contribution in [2.24, 2.45) is 5.92 Å². The van der Waals surface area contributed by atoms with Crippen LogP contribution in [-0.2, 0) is 6.54 Å². The molecule has 1 aromatic heterocycles. The molecule has 1 saturated heterocycles. The number of hydrogen-bond acceptors (Lipinski definition) is 4. The van der Waals surface area contributed by atoms with Crippen molar-refractivity contribution in [3.8, 4) is 0 Å². The molecule has 0 amide bonds. The highest BCUT2D eigenvalue weighted by Crippen LogP contribution is 2.30. The third-order valence-electron chi connectivity index (χ3n) is 3.73. The number of rotatable bonds is 5. The minimum Gasteiger partial charge on any atom is -0.369 e. The fourth-order valence-electron chi connectivity index (χ4n) is 2.87. The fraction of sp³-hybridized carbons (Fsp3) is 0.706. The van der Waals surface area contributed by atoms with E-state index >= 15 is 0 Å². The van der Waals surface area contributed by atoms with E-state index in [2.05, 4.69) is 73.8 Å². The van der Waals surface area contributed by atoms with Crippen LogP contribution >= 0.6 is 11.8 Å². The molecule has 4 heteroatoms. The minimum atomic E-state index is 0.679. The Morgan fingerprint density at radius 3 is 2.62 bits per heavy atom. The molecule has 0 bridgehead atoms. The van der Waals surface area contributed by atoms with Gasteiger partial charge in [-0.2, -0.15) is 11.8 Å². The van der Waals surface area contributed by atoms with Crippen molar-refractivity contribution < 1.29 is 0 Å². The first-order chi connectivity index (χ1) is 9.95. The first kappa shape index (κ1) is 16.6. The molecule has 118 valence electrons. The Balaban J connectivity index is 2.14. The zero-order valence-corrected chi connectivity index (χ0v) is 14.8. The van der Waals surface area contributed by atoms with Gasteiger partial charge in [-0.3, -0.25) is 4.98 Å². The molecule has 2 unspecified atom stereocenters. The second-order valence-electron chi connectivity index (χ2n) is 6.64. The monoisotopic (exact) mass is 307 g/mol. The van der Waals surface area contributed by atoms with Crippen LogP contribution in [0.5, 0.6) is 0 Å². The standard InChI is InChI=1S/C17H29N3S/c1-12(2)7-18-8-16-9-19-13(3)6-17(16)20-10-14(4)21-15(5)11-20/h6,9,12,14-15,18H,7-8,10-11H2,1-5H3. The Hall–Kier alpha value is -0.740. The molecule has 1 aliphatic rings. The van der Waals surface area contributed by atoms with Crippen LogP contribution in [-0.4, -0.2) is 35.1 Å². The summed E-state index contributed by atoms with van der Waals surface area (Å²) in [6.45, 7) is 15.5. The third-order valence-corrected chi connectivity index (χ3v) is 4.95. The van der Waals surface area contributed by atoms with E-state index in [1.54, 1.807) is 0 Å². The summed E-state index contributed by atoms with van der Waals surface area (Å²) in [5.41, 5.74) is 3.81. The van der Waals surface area contributed by atoms with Gasteiger partial charge >= 0.3 is 0 Å². The third kappa shape index (κ3) is 4.89. The van der Waals surface area contributed by atoms with Gasteiger partial charge < -0.3 is 10.2 Å². The topological polar surface area (TPSA) is 28.2 Å². The van der Waals surface area contributed by atoms with E-state index < -0.39 is 0 Å². The molecule has 2 rings (SSSR count). The molecule has 1 aromatic rings. The van der Waals surface area contributed by atoms with Crippen molar-refractivity contribution in [3.63, 3.8) is 0 Å². The van der Waals surface area contributed by atoms with Gasteiger partial charge in [0.25, 0.3) is 0 Å². The maximum atomic E-state index is 4.50. The van der Waals surface area contributed by atoms with Crippen LogP contribution in [0.1, 0.15) is 39.0 Å². The summed E-state index contributed by atoms with van der Waals surface area (Å²) >= 11 is 2.10. The molecule has 0 aromatic carbocycles. The van der Waals surface area contributed by atoms with Gasteiger partial charge in [0.2, 0.25) is 0 Å². The summed E-state index contributed by atoms with van der Waals surface area (Å²) in [6.07, 6.45) is 2.05. The van der Waals surface area contributed by atoms with E-state index in [-0.39, 0.29) is 0 Å². The maximum Gasteiger partial charge on any atom is 0.0446 e. The van der Waals surface area contributed by atoms with Crippen molar-refractivity contribution in [1.29, 1.82) is 0 Å². The highest BCUT2D eigenvalue weighted by Gasteiger charge is 2.24. The predicted octanol–water partition coefficient (Wildman–Crippen LogP) is 3.47. The van der Waals surface area contributed by atoms with Crippen LogP contribution in [0.25, 0.3) is 0 Å². The van der Waals surface area contributed by atoms with Crippen molar-refractivity contribution >= 4 is 17.4 Å². The minimum absolute atomic E-state index is 0.679. The highest BCUT2D eigenvalue weighted by atomic mass is 32.2. The molecule has 0 aliphatic carbocycles. The number of aryl methyl sites for hydroxylation is 1. The van der Waals surface area contributed by atoms with Gasteiger partial charge in [0.05, 0.1) is 0 Å². The number of pyridine rings is 1. The molecule has 1 N–H and O–H groups in total. The van der Waals surface area contributed by atoms with Crippen LogP contribution in [0.3, 0.4) is 0 Å². The van der Waals surface area contributed by atoms with E-state index in [9.17, 15) is 0 Å². The second-order valence-corrected chi connectivity index (χ2v) is 8.52. The normalized spacial score (nSPS) is 22.9. The zero-order valence-electron chi connectivity index (χ0n) is 14.0. The largest absolute Gasteiger partial charge is 0.369 e. The molecule has 2 heterocycles. The van der Waals surface area contributed by atoms with Gasteiger partial charge in [0, 0.05) is 53.3 Å². The van der Waals surface area contributed by atoms with E-state index in [1.807, 2.05) is 0 Å². The summed E-state index contributed by atoms with van der Waals surface area (Å²) in [5.74, 6) is 0.679. The molecule has 1 aliphatic heterocycles. The fourth-order valence-corrected chi connectivity index (χ4v) is 4.20. The smallest absolute Gasteiger partial charge is 0.0446 e. The number of anilines is 1. The molecule has 1 fully saturated rings. The van der Waals surface area contributed by atoms with Crippen molar-refractivity contribution in [1.82, 2.24) is 10.3 Å². The number of nitrogens with one attached hydrogen (secondary N) is 1. The van der Waals surface area contributed by atoms with Crippen molar-refractivity contribution in [3.05, 3.63) is 23.5 Å². The lowest BCUT2D eigenvalue weighted by Crippen LogP contribution is -2.41. The van der Waals surface area contributed by atoms with Crippen LogP contribution in [0.2, 0.25) is 0 Å². The lowest BCUT2D eigenvalue weighted by atomic mass is 10.1. The van der Waals surface area contributed by atoms with Crippen LogP contribution in [0, 0.1) is 12.8 Å². The number of aromatic nitrogens is 1. The Labute approximate surface area is 133 Å². The molecular weight excluding hydrogens is 278 g/mol. The summed E-state index contributed by atoms with van der Waals surface area (Å²) < 4.78 is 0. The lowest BCUT2D eigenvalue weighted by Gasteiger charge is -2.37. The molecule has 2 atom stereocenters. The van der Waals surface area contributed by atoms with Crippen LogP contribution in [0.4, 0.5) is 5.69 Å². The first-order valence-corrected chi connectivity index (χ1v) is 8.96. The summed E-state index contributed by atoms with van der Waals surface area (Å²) in [7, 11) is 0. The Kier molecular flexibility index (Phi) is 5.94. The van der Waals surface area contributed by atoms with Gasteiger partial charge in [-0.05, 0) is 25.5 Å². The Bertz CT molecular complexity index is 451. The van der Waals surface area contributed by atoms with Gasteiger partial charge in [-0.1, -0.05) is 27.7 Å². The van der Waals surface area contributed by atoms with Gasteiger partial charge in [0.15, 0.2) is 0 Å². The van der Waals surface area contributed by atoms with E-state index in [4.69, 9.17) is 0 Å². The molecular formula is C17H29N3S. The first-order valence-electron chi connectivity index (χ1n) is 8.02. The van der Waals surface area contributed by atoms with E-state index in [1.165, 1.54) is 11.3 Å². The van der Waals surface area contributed by atoms with Crippen LogP contribution < -0.4 is 10.2 Å². The Morgan fingerprint density at radius 1 is 1.33 bits per heavy atom. The average molecular weight is 308 g/mol. The van der Waals surface area contributed by atoms with E-state index in [0.717, 1.165) is 31.9 Å². The van der Waals surface area contributed by atoms with Crippen molar-refractivity contribution in [2.45, 2.75) is 51.7 Å². The number of nitrogens with zero attached hydrogens (tertiary/aromatic N) is 2. The summed E-state index contributed by atoms with van der Waals surface area (Å²) in [4.78, 5) is 7.05. The summed E-state index contributed by atoms with van der Waals surface area (Å²) in [6, 6.07) is 2.25. The number of hydrogen-bond donors (Lipinski definition) is 1. The highest BCUT2D eigenvalue weighted by molar-refractivity contribution is 8.00. The second kappa shape index (κ2) is 7.50. The van der Waals surface area contributed by atoms with Gasteiger partial charge in [-0.25, -0.2) is 0 Å². The number of thioether (sulfide) groups is 1. The molecule has 0 spiro atoms. The molecule has 21 heavy (non-hydrogen) atoms. The average Bonchev–Trinajstić information content (AvgIpc) is 2.39. The van der Waals surface area contributed by atoms with Gasteiger partial charge in [-0.15, -0.1) is 0 Å². The van der Waals surface area contributed by atoms with E-state index in [0.29, 0.717) is 16.4 Å². The predicted molar refractivity (Wildman–Crippen MR) is 94.2 cm³/mol. The molecule has 3 nitrogen and oxygen atoms in total. The summed E-state index contributed by atoms with van der Waals surface area (Å²) in [5, 5.41) is 4.94. The van der Waals surface area contributed by atoms with Crippen molar-refractivity contribution in [2.75, 3.05) is 24.5 Å². The quantitative estimate of drug-likeness (QED) is 0.901.